The summed E-state index contributed by atoms with van der Waals surface area (Å²) < 4.78 is 6.72. The summed E-state index contributed by atoms with van der Waals surface area (Å²) >= 11 is 3.57. The summed E-state index contributed by atoms with van der Waals surface area (Å²) in [6, 6.07) is 8.57. The molecule has 2 amide bonds. The number of nitrogens with zero attached hydrogens (tertiary/aromatic N) is 1. The van der Waals surface area contributed by atoms with E-state index < -0.39 is 0 Å². The van der Waals surface area contributed by atoms with Gasteiger partial charge in [0.15, 0.2) is 0 Å². The Bertz CT molecular complexity index is 527. The Balaban J connectivity index is 1.63. The zero-order valence-electron chi connectivity index (χ0n) is 12.9. The van der Waals surface area contributed by atoms with E-state index in [1.165, 1.54) is 0 Å². The first-order valence-corrected chi connectivity index (χ1v) is 8.86. The van der Waals surface area contributed by atoms with Crippen molar-refractivity contribution in [3.05, 3.63) is 34.3 Å². The molecule has 0 radical (unpaired) electrons. The molecule has 1 heterocycles. The van der Waals surface area contributed by atoms with E-state index in [0.29, 0.717) is 12.6 Å². The lowest BCUT2D eigenvalue weighted by atomic mass is 10.1. The fourth-order valence-electron chi connectivity index (χ4n) is 2.93. The highest BCUT2D eigenvalue weighted by Gasteiger charge is 2.34. The van der Waals surface area contributed by atoms with Crippen LogP contribution < -0.4 is 5.32 Å². The van der Waals surface area contributed by atoms with E-state index in [2.05, 4.69) is 27.3 Å². The van der Waals surface area contributed by atoms with Crippen LogP contribution in [0.1, 0.15) is 38.2 Å². The number of nitrogens with one attached hydrogen (secondary N) is 1. The van der Waals surface area contributed by atoms with E-state index in [1.807, 2.05) is 30.0 Å². The second kappa shape index (κ2) is 7.01. The van der Waals surface area contributed by atoms with Gasteiger partial charge in [-0.25, -0.2) is 4.79 Å². The van der Waals surface area contributed by atoms with Crippen molar-refractivity contribution in [1.82, 2.24) is 10.2 Å². The Hall–Kier alpha value is -1.07. The van der Waals surface area contributed by atoms with Gasteiger partial charge in [0, 0.05) is 23.7 Å². The highest BCUT2D eigenvalue weighted by molar-refractivity contribution is 9.10. The SMILES string of the molecule is C[C@@H](NC(=O)N(Cc1ccccc1Br)C1CC1)[C@@H]1CCCO1. The molecule has 120 valence electrons. The summed E-state index contributed by atoms with van der Waals surface area (Å²) in [6.45, 7) is 3.50. The summed E-state index contributed by atoms with van der Waals surface area (Å²) in [5, 5.41) is 3.13. The molecule has 1 aromatic rings. The number of rotatable bonds is 5. The summed E-state index contributed by atoms with van der Waals surface area (Å²) in [5.74, 6) is 0. The van der Waals surface area contributed by atoms with Crippen molar-refractivity contribution < 1.29 is 9.53 Å². The van der Waals surface area contributed by atoms with Crippen molar-refractivity contribution in [3.63, 3.8) is 0 Å². The molecule has 2 aliphatic rings. The van der Waals surface area contributed by atoms with Crippen LogP contribution in [0.15, 0.2) is 28.7 Å². The maximum atomic E-state index is 12.7. The fraction of sp³-hybridized carbons (Fsp3) is 0.588. The van der Waals surface area contributed by atoms with Gasteiger partial charge in [0.2, 0.25) is 0 Å². The quantitative estimate of drug-likeness (QED) is 0.863. The van der Waals surface area contributed by atoms with E-state index in [4.69, 9.17) is 4.74 Å². The minimum absolute atomic E-state index is 0.0289. The highest BCUT2D eigenvalue weighted by atomic mass is 79.9. The number of carbonyl (C=O) groups excluding carboxylic acids is 1. The molecule has 1 saturated carbocycles. The Labute approximate surface area is 140 Å². The van der Waals surface area contributed by atoms with Gasteiger partial charge in [0.25, 0.3) is 0 Å². The number of hydrogen-bond donors (Lipinski definition) is 1. The van der Waals surface area contributed by atoms with Crippen LogP contribution in [-0.4, -0.2) is 35.7 Å². The van der Waals surface area contributed by atoms with Crippen molar-refractivity contribution in [2.75, 3.05) is 6.61 Å². The lowest BCUT2D eigenvalue weighted by Crippen LogP contribution is -2.48. The summed E-state index contributed by atoms with van der Waals surface area (Å²) in [7, 11) is 0. The topological polar surface area (TPSA) is 41.6 Å². The van der Waals surface area contributed by atoms with E-state index in [-0.39, 0.29) is 18.2 Å². The maximum absolute atomic E-state index is 12.7. The highest BCUT2D eigenvalue weighted by Crippen LogP contribution is 2.30. The van der Waals surface area contributed by atoms with Crippen molar-refractivity contribution in [2.45, 2.75) is 57.3 Å². The molecule has 2 fully saturated rings. The van der Waals surface area contributed by atoms with Crippen LogP contribution in [0.2, 0.25) is 0 Å². The largest absolute Gasteiger partial charge is 0.376 e. The van der Waals surface area contributed by atoms with Gasteiger partial charge < -0.3 is 15.0 Å². The van der Waals surface area contributed by atoms with E-state index in [0.717, 1.165) is 42.3 Å². The van der Waals surface area contributed by atoms with Gasteiger partial charge >= 0.3 is 6.03 Å². The number of hydrogen-bond acceptors (Lipinski definition) is 2. The minimum Gasteiger partial charge on any atom is -0.376 e. The first-order valence-electron chi connectivity index (χ1n) is 8.07. The fourth-order valence-corrected chi connectivity index (χ4v) is 3.34. The first-order chi connectivity index (χ1) is 10.6. The molecule has 1 N–H and O–H groups in total. The van der Waals surface area contributed by atoms with Gasteiger partial charge in [-0.15, -0.1) is 0 Å². The third-order valence-corrected chi connectivity index (χ3v) is 5.19. The maximum Gasteiger partial charge on any atom is 0.318 e. The predicted octanol–water partition coefficient (Wildman–Crippen LogP) is 3.69. The smallest absolute Gasteiger partial charge is 0.318 e. The van der Waals surface area contributed by atoms with E-state index >= 15 is 0 Å². The Morgan fingerprint density at radius 3 is 2.82 bits per heavy atom. The average Bonchev–Trinajstić information content (AvgIpc) is 3.18. The number of halogens is 1. The van der Waals surface area contributed by atoms with Gasteiger partial charge in [0.1, 0.15) is 0 Å². The van der Waals surface area contributed by atoms with Crippen molar-refractivity contribution in [2.24, 2.45) is 0 Å². The van der Waals surface area contributed by atoms with Gasteiger partial charge in [-0.05, 0) is 44.2 Å². The molecule has 1 aliphatic carbocycles. The number of carbonyl (C=O) groups is 1. The third kappa shape index (κ3) is 3.82. The predicted molar refractivity (Wildman–Crippen MR) is 89.7 cm³/mol. The molecule has 22 heavy (non-hydrogen) atoms. The average molecular weight is 367 g/mol. The molecule has 4 nitrogen and oxygen atoms in total. The molecular weight excluding hydrogens is 344 g/mol. The Morgan fingerprint density at radius 2 is 2.18 bits per heavy atom. The van der Waals surface area contributed by atoms with Crippen LogP contribution in [-0.2, 0) is 11.3 Å². The summed E-state index contributed by atoms with van der Waals surface area (Å²) in [6.07, 6.45) is 4.50. The minimum atomic E-state index is 0.0289. The van der Waals surface area contributed by atoms with Crippen LogP contribution in [0.5, 0.6) is 0 Å². The number of urea groups is 1. The molecule has 0 bridgehead atoms. The normalized spacial score (nSPS) is 22.4. The number of benzene rings is 1. The van der Waals surface area contributed by atoms with Gasteiger partial charge in [-0.2, -0.15) is 0 Å². The zero-order valence-corrected chi connectivity index (χ0v) is 14.5. The number of ether oxygens (including phenoxy) is 1. The van der Waals surface area contributed by atoms with Crippen LogP contribution in [0.3, 0.4) is 0 Å². The van der Waals surface area contributed by atoms with Crippen molar-refractivity contribution in [1.29, 1.82) is 0 Å². The zero-order chi connectivity index (χ0) is 15.5. The standard InChI is InChI=1S/C17H23BrN2O2/c1-12(16-7-4-10-22-16)19-17(21)20(14-8-9-14)11-13-5-2-3-6-15(13)18/h2-3,5-6,12,14,16H,4,7-11H2,1H3,(H,19,21)/t12-,16+/m1/s1. The van der Waals surface area contributed by atoms with E-state index in [1.54, 1.807) is 0 Å². The molecule has 0 unspecified atom stereocenters. The van der Waals surface area contributed by atoms with E-state index in [9.17, 15) is 4.79 Å². The second-order valence-electron chi connectivity index (χ2n) is 6.24. The van der Waals surface area contributed by atoms with Crippen LogP contribution in [0.4, 0.5) is 4.79 Å². The molecule has 1 saturated heterocycles. The monoisotopic (exact) mass is 366 g/mol. The lowest BCUT2D eigenvalue weighted by molar-refractivity contribution is 0.0828. The Kier molecular flexibility index (Phi) is 5.03. The number of amides is 2. The van der Waals surface area contributed by atoms with Crippen molar-refractivity contribution >= 4 is 22.0 Å². The summed E-state index contributed by atoms with van der Waals surface area (Å²) in [5.41, 5.74) is 1.15. The molecule has 1 aliphatic heterocycles. The first kappa shape index (κ1) is 15.8. The second-order valence-corrected chi connectivity index (χ2v) is 7.09. The molecule has 3 rings (SSSR count). The van der Waals surface area contributed by atoms with Crippen LogP contribution >= 0.6 is 15.9 Å². The molecule has 2 atom stereocenters. The Morgan fingerprint density at radius 1 is 1.41 bits per heavy atom. The molecule has 1 aromatic carbocycles. The van der Waals surface area contributed by atoms with Gasteiger partial charge in [0.05, 0.1) is 12.1 Å². The lowest BCUT2D eigenvalue weighted by Gasteiger charge is -2.27. The van der Waals surface area contributed by atoms with Gasteiger partial charge in [-0.1, -0.05) is 34.1 Å². The molecule has 5 heteroatoms. The molecule has 0 aromatic heterocycles. The van der Waals surface area contributed by atoms with Crippen LogP contribution in [0, 0.1) is 0 Å². The van der Waals surface area contributed by atoms with Gasteiger partial charge in [-0.3, -0.25) is 0 Å². The molecule has 0 spiro atoms. The van der Waals surface area contributed by atoms with Crippen LogP contribution in [0.25, 0.3) is 0 Å². The van der Waals surface area contributed by atoms with Crippen molar-refractivity contribution in [3.8, 4) is 0 Å². The summed E-state index contributed by atoms with van der Waals surface area (Å²) in [4.78, 5) is 14.6. The third-order valence-electron chi connectivity index (χ3n) is 4.42. The molecular formula is C17H23BrN2O2.